The van der Waals surface area contributed by atoms with Crippen molar-refractivity contribution >= 4 is 41.5 Å². The van der Waals surface area contributed by atoms with E-state index in [2.05, 4.69) is 44.4 Å². The molecule has 2 aromatic rings. The van der Waals surface area contributed by atoms with E-state index >= 15 is 0 Å². The Morgan fingerprint density at radius 2 is 1.85 bits per heavy atom. The molecule has 3 rings (SSSR count). The zero-order valence-corrected chi connectivity index (χ0v) is 17.1. The maximum Gasteiger partial charge on any atom is 0.284 e. The maximum absolute atomic E-state index is 11.1. The maximum atomic E-state index is 11.1. The predicted molar refractivity (Wildman–Crippen MR) is 113 cm³/mol. The highest BCUT2D eigenvalue weighted by Gasteiger charge is 2.20. The first-order valence-corrected chi connectivity index (χ1v) is 8.31. The van der Waals surface area contributed by atoms with Crippen molar-refractivity contribution in [1.29, 1.82) is 0 Å². The number of benzene rings is 1. The van der Waals surface area contributed by atoms with Gasteiger partial charge < -0.3 is 25.3 Å². The summed E-state index contributed by atoms with van der Waals surface area (Å²) < 4.78 is 5.38. The van der Waals surface area contributed by atoms with Gasteiger partial charge in [0, 0.05) is 38.9 Å². The standard InChI is InChI=1S/C18H23N5O2.HI/c1-20-18(21-13-15-7-8-16(25-15)17(19)24)23-11-9-22(10-12-23)14-5-3-2-4-6-14;/h2-8H,9-13H2,1H3,(H2,19,24)(H,20,21);1H. The molecule has 1 aromatic carbocycles. The van der Waals surface area contributed by atoms with Crippen LogP contribution < -0.4 is 16.0 Å². The number of halogens is 1. The van der Waals surface area contributed by atoms with E-state index in [9.17, 15) is 4.79 Å². The lowest BCUT2D eigenvalue weighted by molar-refractivity contribution is 0.0972. The number of para-hydroxylation sites is 1. The van der Waals surface area contributed by atoms with Gasteiger partial charge in [-0.25, -0.2) is 0 Å². The van der Waals surface area contributed by atoms with Gasteiger partial charge in [0.25, 0.3) is 5.91 Å². The Balaban J connectivity index is 0.00000243. The summed E-state index contributed by atoms with van der Waals surface area (Å²) in [6, 6.07) is 13.8. The van der Waals surface area contributed by atoms with Gasteiger partial charge in [0.2, 0.25) is 0 Å². The zero-order valence-electron chi connectivity index (χ0n) is 14.7. The lowest BCUT2D eigenvalue weighted by Gasteiger charge is -2.37. The van der Waals surface area contributed by atoms with Crippen LogP contribution in [0, 0.1) is 0 Å². The van der Waals surface area contributed by atoms with Crippen molar-refractivity contribution in [3.05, 3.63) is 54.0 Å². The predicted octanol–water partition coefficient (Wildman–Crippen LogP) is 1.89. The van der Waals surface area contributed by atoms with Crippen molar-refractivity contribution < 1.29 is 9.21 Å². The molecule has 0 spiro atoms. The molecule has 2 heterocycles. The zero-order chi connectivity index (χ0) is 17.6. The van der Waals surface area contributed by atoms with Gasteiger partial charge in [0.15, 0.2) is 11.7 Å². The number of nitrogens with zero attached hydrogens (tertiary/aromatic N) is 3. The van der Waals surface area contributed by atoms with Crippen LogP contribution in [0.5, 0.6) is 0 Å². The Morgan fingerprint density at radius 3 is 2.42 bits per heavy atom. The Bertz CT molecular complexity index is 739. The average molecular weight is 469 g/mol. The number of aliphatic imine (C=N–C) groups is 1. The molecule has 140 valence electrons. The number of carbonyl (C=O) groups excluding carboxylic acids is 1. The van der Waals surface area contributed by atoms with Crippen LogP contribution in [0.3, 0.4) is 0 Å². The fourth-order valence-electron chi connectivity index (χ4n) is 2.92. The molecule has 1 aromatic heterocycles. The highest BCUT2D eigenvalue weighted by molar-refractivity contribution is 14.0. The third kappa shape index (κ3) is 4.90. The van der Waals surface area contributed by atoms with Crippen LogP contribution in [-0.2, 0) is 6.54 Å². The summed E-state index contributed by atoms with van der Waals surface area (Å²) in [6.07, 6.45) is 0. The fraction of sp³-hybridized carbons (Fsp3) is 0.333. The van der Waals surface area contributed by atoms with Gasteiger partial charge in [0.05, 0.1) is 6.54 Å². The summed E-state index contributed by atoms with van der Waals surface area (Å²) in [5.74, 6) is 1.08. The number of rotatable bonds is 4. The minimum Gasteiger partial charge on any atom is -0.454 e. The molecule has 0 bridgehead atoms. The molecule has 0 saturated carbocycles. The number of anilines is 1. The van der Waals surface area contributed by atoms with E-state index in [0.29, 0.717) is 12.3 Å². The van der Waals surface area contributed by atoms with E-state index in [1.165, 1.54) is 5.69 Å². The molecular formula is C18H24IN5O2. The van der Waals surface area contributed by atoms with Crippen molar-refractivity contribution in [2.75, 3.05) is 38.1 Å². The minimum absolute atomic E-state index is 0. The molecule has 1 saturated heterocycles. The van der Waals surface area contributed by atoms with Gasteiger partial charge in [-0.05, 0) is 24.3 Å². The Labute approximate surface area is 170 Å². The van der Waals surface area contributed by atoms with E-state index in [1.807, 2.05) is 6.07 Å². The number of primary amides is 1. The van der Waals surface area contributed by atoms with Crippen LogP contribution >= 0.6 is 24.0 Å². The number of carbonyl (C=O) groups is 1. The quantitative estimate of drug-likeness (QED) is 0.406. The molecule has 1 aliphatic heterocycles. The summed E-state index contributed by atoms with van der Waals surface area (Å²) in [4.78, 5) is 20.0. The normalized spacial score (nSPS) is 14.7. The summed E-state index contributed by atoms with van der Waals surface area (Å²) >= 11 is 0. The number of hydrogen-bond donors (Lipinski definition) is 2. The van der Waals surface area contributed by atoms with Gasteiger partial charge >= 0.3 is 0 Å². The highest BCUT2D eigenvalue weighted by atomic mass is 127. The molecule has 0 unspecified atom stereocenters. The minimum atomic E-state index is -0.562. The molecule has 0 radical (unpaired) electrons. The Kier molecular flexibility index (Phi) is 7.31. The summed E-state index contributed by atoms with van der Waals surface area (Å²) in [6.45, 7) is 4.12. The summed E-state index contributed by atoms with van der Waals surface area (Å²) in [5, 5.41) is 3.27. The molecule has 1 fully saturated rings. The first-order valence-electron chi connectivity index (χ1n) is 8.31. The second kappa shape index (κ2) is 9.46. The van der Waals surface area contributed by atoms with Crippen LogP contribution in [0.15, 0.2) is 51.9 Å². The Hall–Kier alpha value is -2.23. The third-order valence-electron chi connectivity index (χ3n) is 4.24. The average Bonchev–Trinajstić information content (AvgIpc) is 3.13. The van der Waals surface area contributed by atoms with Crippen molar-refractivity contribution in [2.45, 2.75) is 6.54 Å². The van der Waals surface area contributed by atoms with E-state index in [-0.39, 0.29) is 29.7 Å². The van der Waals surface area contributed by atoms with E-state index in [1.54, 1.807) is 19.2 Å². The van der Waals surface area contributed by atoms with Gasteiger partial charge in [-0.1, -0.05) is 18.2 Å². The number of furan rings is 1. The molecule has 1 amide bonds. The number of piperazine rings is 1. The molecule has 3 N–H and O–H groups in total. The van der Waals surface area contributed by atoms with Crippen molar-refractivity contribution in [2.24, 2.45) is 10.7 Å². The summed E-state index contributed by atoms with van der Waals surface area (Å²) in [7, 11) is 1.77. The third-order valence-corrected chi connectivity index (χ3v) is 4.24. The second-order valence-corrected chi connectivity index (χ2v) is 5.84. The smallest absolute Gasteiger partial charge is 0.284 e. The van der Waals surface area contributed by atoms with E-state index in [0.717, 1.165) is 32.1 Å². The lowest BCUT2D eigenvalue weighted by atomic mass is 10.2. The number of nitrogens with two attached hydrogens (primary N) is 1. The molecule has 0 aliphatic carbocycles. The van der Waals surface area contributed by atoms with Crippen LogP contribution in [0.4, 0.5) is 5.69 Å². The van der Waals surface area contributed by atoms with Crippen LogP contribution in [-0.4, -0.2) is 50.0 Å². The lowest BCUT2D eigenvalue weighted by Crippen LogP contribution is -2.52. The molecule has 0 atom stereocenters. The topological polar surface area (TPSA) is 87.1 Å². The largest absolute Gasteiger partial charge is 0.454 e. The second-order valence-electron chi connectivity index (χ2n) is 5.84. The molecule has 8 heteroatoms. The highest BCUT2D eigenvalue weighted by Crippen LogP contribution is 2.15. The number of amides is 1. The fourth-order valence-corrected chi connectivity index (χ4v) is 2.92. The van der Waals surface area contributed by atoms with Crippen LogP contribution in [0.2, 0.25) is 0 Å². The number of guanidine groups is 1. The van der Waals surface area contributed by atoms with Crippen molar-refractivity contribution in [3.63, 3.8) is 0 Å². The van der Waals surface area contributed by atoms with Gasteiger partial charge in [0.1, 0.15) is 5.76 Å². The van der Waals surface area contributed by atoms with Gasteiger partial charge in [-0.2, -0.15) is 0 Å². The van der Waals surface area contributed by atoms with E-state index in [4.69, 9.17) is 10.2 Å². The van der Waals surface area contributed by atoms with Crippen molar-refractivity contribution in [3.8, 4) is 0 Å². The SMILES string of the molecule is CN=C(NCc1ccc(C(N)=O)o1)N1CCN(c2ccccc2)CC1.I. The number of hydrogen-bond acceptors (Lipinski definition) is 4. The Morgan fingerprint density at radius 1 is 1.15 bits per heavy atom. The van der Waals surface area contributed by atoms with Gasteiger partial charge in [-0.15, -0.1) is 24.0 Å². The van der Waals surface area contributed by atoms with Crippen LogP contribution in [0.1, 0.15) is 16.3 Å². The number of nitrogens with one attached hydrogen (secondary N) is 1. The first-order chi connectivity index (χ1) is 12.2. The molecular weight excluding hydrogens is 445 g/mol. The summed E-state index contributed by atoms with van der Waals surface area (Å²) in [5.41, 5.74) is 6.45. The first kappa shape index (κ1) is 20.1. The molecule has 1 aliphatic rings. The molecule has 7 nitrogen and oxygen atoms in total. The monoisotopic (exact) mass is 469 g/mol. The van der Waals surface area contributed by atoms with Gasteiger partial charge in [-0.3, -0.25) is 9.79 Å². The van der Waals surface area contributed by atoms with E-state index < -0.39 is 5.91 Å². The van der Waals surface area contributed by atoms with Crippen molar-refractivity contribution in [1.82, 2.24) is 10.2 Å². The van der Waals surface area contributed by atoms with Crippen LogP contribution in [0.25, 0.3) is 0 Å². The molecule has 26 heavy (non-hydrogen) atoms.